The predicted octanol–water partition coefficient (Wildman–Crippen LogP) is 5.43. The Kier molecular flexibility index (Phi) is 8.13. The molecular weight excluding hydrogens is 402 g/mol. The molecule has 3 rings (SSSR count). The first-order valence-corrected chi connectivity index (χ1v) is 11.2. The van der Waals surface area contributed by atoms with E-state index in [1.807, 2.05) is 48.5 Å². The number of para-hydroxylation sites is 2. The molecule has 0 amide bonds. The van der Waals surface area contributed by atoms with Gasteiger partial charge in [0.25, 0.3) is 0 Å². The molecule has 1 heterocycles. The second-order valence-corrected chi connectivity index (χ2v) is 8.51. The molecule has 0 saturated heterocycles. The van der Waals surface area contributed by atoms with Crippen LogP contribution in [-0.4, -0.2) is 43.7 Å². The fraction of sp³-hybridized carbons (Fsp3) is 0.462. The average Bonchev–Trinajstić information content (AvgIpc) is 3.24. The number of methoxy groups -OCH3 is 1. The minimum absolute atomic E-state index is 0.0992. The summed E-state index contributed by atoms with van der Waals surface area (Å²) in [5.41, 5.74) is 0.807. The molecule has 6 nitrogen and oxygen atoms in total. The highest BCUT2D eigenvalue weighted by atomic mass is 16.5. The SMILES string of the molecule is COc1cccc(OCCCN(C)CCC[C@](C#N)(c2nc3ccccc3o2)C(C)C)c1. The summed E-state index contributed by atoms with van der Waals surface area (Å²) in [6.45, 7) is 6.60. The van der Waals surface area contributed by atoms with Gasteiger partial charge in [0.1, 0.15) is 22.4 Å². The summed E-state index contributed by atoms with van der Waals surface area (Å²) in [5.74, 6) is 2.25. The van der Waals surface area contributed by atoms with Crippen molar-refractivity contribution in [2.24, 2.45) is 5.92 Å². The number of ether oxygens (including phenoxy) is 2. The molecule has 2 aromatic carbocycles. The predicted molar refractivity (Wildman–Crippen MR) is 126 cm³/mol. The number of benzene rings is 2. The molecule has 0 spiro atoms. The standard InChI is InChI=1S/C26H33N3O3/c1-20(2)26(19-27,25-28-23-12-5-6-13-24(23)32-25)14-8-15-29(3)16-9-17-31-22-11-7-10-21(18-22)30-4/h5-7,10-13,18,20H,8-9,14-17H2,1-4H3/t26-/m1/s1. The molecule has 170 valence electrons. The summed E-state index contributed by atoms with van der Waals surface area (Å²) >= 11 is 0. The molecule has 0 radical (unpaired) electrons. The highest BCUT2D eigenvalue weighted by molar-refractivity contribution is 5.72. The van der Waals surface area contributed by atoms with E-state index in [2.05, 4.69) is 36.8 Å². The number of fused-ring (bicyclic) bond motifs is 1. The lowest BCUT2D eigenvalue weighted by Crippen LogP contribution is -2.33. The van der Waals surface area contributed by atoms with Crippen LogP contribution in [-0.2, 0) is 5.41 Å². The van der Waals surface area contributed by atoms with Crippen molar-refractivity contribution in [3.8, 4) is 17.6 Å². The maximum Gasteiger partial charge on any atom is 0.216 e. The smallest absolute Gasteiger partial charge is 0.216 e. The molecule has 0 N–H and O–H groups in total. The molecule has 0 saturated carbocycles. The van der Waals surface area contributed by atoms with Gasteiger partial charge < -0.3 is 18.8 Å². The van der Waals surface area contributed by atoms with Crippen LogP contribution in [0.5, 0.6) is 11.5 Å². The van der Waals surface area contributed by atoms with Crippen molar-refractivity contribution >= 4 is 11.1 Å². The normalized spacial score (nSPS) is 13.3. The Hall–Kier alpha value is -3.04. The summed E-state index contributed by atoms with van der Waals surface area (Å²) < 4.78 is 17.1. The molecule has 3 aromatic rings. The lowest BCUT2D eigenvalue weighted by atomic mass is 9.74. The van der Waals surface area contributed by atoms with E-state index in [0.29, 0.717) is 18.9 Å². The molecule has 0 aliphatic heterocycles. The van der Waals surface area contributed by atoms with Crippen molar-refractivity contribution in [2.75, 3.05) is 33.9 Å². The van der Waals surface area contributed by atoms with Crippen LogP contribution in [0.4, 0.5) is 0 Å². The Labute approximate surface area is 190 Å². The summed E-state index contributed by atoms with van der Waals surface area (Å²) in [5, 5.41) is 10.1. The van der Waals surface area contributed by atoms with Crippen molar-refractivity contribution in [3.05, 3.63) is 54.4 Å². The van der Waals surface area contributed by atoms with Gasteiger partial charge in [-0.1, -0.05) is 32.0 Å². The Morgan fingerprint density at radius 3 is 2.56 bits per heavy atom. The second-order valence-electron chi connectivity index (χ2n) is 8.51. The van der Waals surface area contributed by atoms with Gasteiger partial charge in [0, 0.05) is 12.6 Å². The zero-order valence-corrected chi connectivity index (χ0v) is 19.5. The number of rotatable bonds is 12. The van der Waals surface area contributed by atoms with Crippen LogP contribution in [0.15, 0.2) is 52.9 Å². The van der Waals surface area contributed by atoms with Gasteiger partial charge in [-0.3, -0.25) is 0 Å². The van der Waals surface area contributed by atoms with Gasteiger partial charge in [-0.15, -0.1) is 0 Å². The van der Waals surface area contributed by atoms with Crippen LogP contribution >= 0.6 is 0 Å². The first-order valence-electron chi connectivity index (χ1n) is 11.2. The van der Waals surface area contributed by atoms with Crippen LogP contribution in [0.3, 0.4) is 0 Å². The van der Waals surface area contributed by atoms with E-state index in [-0.39, 0.29) is 5.92 Å². The molecule has 0 unspecified atom stereocenters. The molecule has 0 aliphatic rings. The Balaban J connectivity index is 1.49. The topological polar surface area (TPSA) is 71.5 Å². The largest absolute Gasteiger partial charge is 0.497 e. The van der Waals surface area contributed by atoms with Crippen molar-refractivity contribution in [1.82, 2.24) is 9.88 Å². The minimum Gasteiger partial charge on any atom is -0.497 e. The summed E-state index contributed by atoms with van der Waals surface area (Å²) in [7, 11) is 3.76. The van der Waals surface area contributed by atoms with Gasteiger partial charge in [0.2, 0.25) is 5.89 Å². The third-order valence-electron chi connectivity index (χ3n) is 5.97. The first-order chi connectivity index (χ1) is 15.5. The quantitative estimate of drug-likeness (QED) is 0.353. The van der Waals surface area contributed by atoms with Crippen LogP contribution in [0.2, 0.25) is 0 Å². The second kappa shape index (κ2) is 11.0. The highest BCUT2D eigenvalue weighted by Crippen LogP contribution is 2.37. The van der Waals surface area contributed by atoms with Gasteiger partial charge in [-0.25, -0.2) is 4.98 Å². The van der Waals surface area contributed by atoms with Crippen LogP contribution in [0, 0.1) is 17.2 Å². The van der Waals surface area contributed by atoms with Gasteiger partial charge in [0.05, 0.1) is 19.8 Å². The third kappa shape index (κ3) is 5.60. The first kappa shape index (κ1) is 23.6. The van der Waals surface area contributed by atoms with E-state index in [9.17, 15) is 5.26 Å². The molecule has 1 aromatic heterocycles. The van der Waals surface area contributed by atoms with E-state index in [1.54, 1.807) is 7.11 Å². The van der Waals surface area contributed by atoms with Crippen LogP contribution in [0.25, 0.3) is 11.1 Å². The Bertz CT molecular complexity index is 1010. The van der Waals surface area contributed by atoms with Gasteiger partial charge in [-0.2, -0.15) is 5.26 Å². The molecule has 0 bridgehead atoms. The maximum absolute atomic E-state index is 10.1. The molecule has 0 aliphatic carbocycles. The number of hydrogen-bond donors (Lipinski definition) is 0. The van der Waals surface area contributed by atoms with Crippen LogP contribution in [0.1, 0.15) is 39.0 Å². The summed E-state index contributed by atoms with van der Waals surface area (Å²) in [6.07, 6.45) is 2.52. The number of oxazole rings is 1. The van der Waals surface area contributed by atoms with Crippen molar-refractivity contribution < 1.29 is 13.9 Å². The lowest BCUT2D eigenvalue weighted by molar-refractivity contribution is 0.241. The summed E-state index contributed by atoms with van der Waals surface area (Å²) in [6, 6.07) is 17.9. The van der Waals surface area contributed by atoms with Crippen molar-refractivity contribution in [3.63, 3.8) is 0 Å². The maximum atomic E-state index is 10.1. The zero-order valence-electron chi connectivity index (χ0n) is 19.5. The van der Waals surface area contributed by atoms with E-state index in [4.69, 9.17) is 13.9 Å². The number of aromatic nitrogens is 1. The van der Waals surface area contributed by atoms with Crippen LogP contribution < -0.4 is 9.47 Å². The Morgan fingerprint density at radius 1 is 1.09 bits per heavy atom. The third-order valence-corrected chi connectivity index (χ3v) is 5.97. The molecular formula is C26H33N3O3. The highest BCUT2D eigenvalue weighted by Gasteiger charge is 2.40. The van der Waals surface area contributed by atoms with E-state index in [1.165, 1.54) is 0 Å². The average molecular weight is 436 g/mol. The number of hydrogen-bond acceptors (Lipinski definition) is 6. The number of nitriles is 1. The van der Waals surface area contributed by atoms with Crippen molar-refractivity contribution in [2.45, 2.75) is 38.5 Å². The molecule has 0 fully saturated rings. The van der Waals surface area contributed by atoms with Gasteiger partial charge >= 0.3 is 0 Å². The summed E-state index contributed by atoms with van der Waals surface area (Å²) in [4.78, 5) is 6.93. The lowest BCUT2D eigenvalue weighted by Gasteiger charge is -2.28. The monoisotopic (exact) mass is 435 g/mol. The molecule has 1 atom stereocenters. The van der Waals surface area contributed by atoms with Gasteiger partial charge in [-0.05, 0) is 63.0 Å². The Morgan fingerprint density at radius 2 is 1.84 bits per heavy atom. The fourth-order valence-electron chi connectivity index (χ4n) is 3.89. The number of nitrogens with zero attached hydrogens (tertiary/aromatic N) is 3. The molecule has 32 heavy (non-hydrogen) atoms. The minimum atomic E-state index is -0.727. The van der Waals surface area contributed by atoms with E-state index < -0.39 is 5.41 Å². The van der Waals surface area contributed by atoms with Crippen molar-refractivity contribution in [1.29, 1.82) is 5.26 Å². The van der Waals surface area contributed by atoms with E-state index in [0.717, 1.165) is 48.5 Å². The van der Waals surface area contributed by atoms with Gasteiger partial charge in [0.15, 0.2) is 5.58 Å². The fourth-order valence-corrected chi connectivity index (χ4v) is 3.89. The zero-order chi connectivity index (χ0) is 23.0. The van der Waals surface area contributed by atoms with E-state index >= 15 is 0 Å². The molecule has 6 heteroatoms.